The van der Waals surface area contributed by atoms with Gasteiger partial charge in [-0.2, -0.15) is 0 Å². The van der Waals surface area contributed by atoms with Gasteiger partial charge in [0.05, 0.1) is 16.6 Å². The third-order valence-corrected chi connectivity index (χ3v) is 6.28. The molecular weight excluding hydrogens is 490 g/mol. The number of rotatable bonds is 8. The predicted molar refractivity (Wildman–Crippen MR) is 131 cm³/mol. The van der Waals surface area contributed by atoms with Gasteiger partial charge in [0.2, 0.25) is 0 Å². The van der Waals surface area contributed by atoms with Gasteiger partial charge >= 0.3 is 6.03 Å². The number of carbonyl (C=O) groups excluding carboxylic acids is 3. The normalized spacial score (nSPS) is 17.4. The van der Waals surface area contributed by atoms with E-state index in [2.05, 4.69) is 5.32 Å². The number of nitro benzene ring substituents is 1. The number of nitrogens with zero attached hydrogens (tertiary/aromatic N) is 2. The molecule has 0 spiro atoms. The van der Waals surface area contributed by atoms with Crippen LogP contribution < -0.4 is 14.8 Å². The minimum absolute atomic E-state index is 0.0290. The molecule has 188 valence electrons. The molecule has 36 heavy (non-hydrogen) atoms. The topological polar surface area (TPSA) is 128 Å². The monoisotopic (exact) mass is 513 g/mol. The zero-order chi connectivity index (χ0) is 25.8. The van der Waals surface area contributed by atoms with Crippen LogP contribution in [0.5, 0.6) is 11.5 Å². The summed E-state index contributed by atoms with van der Waals surface area (Å²) in [6, 6.07) is 8.11. The fraction of sp³-hybridized carbons (Fsp3) is 0.320. The van der Waals surface area contributed by atoms with Crippen LogP contribution in [0.25, 0.3) is 6.08 Å². The van der Waals surface area contributed by atoms with E-state index in [1.807, 2.05) is 0 Å². The fourth-order valence-corrected chi connectivity index (χ4v) is 4.55. The van der Waals surface area contributed by atoms with Crippen LogP contribution in [0.4, 0.5) is 10.5 Å². The third kappa shape index (κ3) is 5.33. The number of non-ortho nitro benzene ring substituents is 1. The van der Waals surface area contributed by atoms with Crippen molar-refractivity contribution in [2.45, 2.75) is 45.3 Å². The second-order valence-corrected chi connectivity index (χ2v) is 8.81. The number of nitro groups is 1. The first-order valence-corrected chi connectivity index (χ1v) is 11.9. The Morgan fingerprint density at radius 2 is 1.83 bits per heavy atom. The molecule has 0 radical (unpaired) electrons. The van der Waals surface area contributed by atoms with Gasteiger partial charge in [-0.3, -0.25) is 29.9 Å². The van der Waals surface area contributed by atoms with Gasteiger partial charge < -0.3 is 9.47 Å². The number of nitrogens with one attached hydrogen (secondary N) is 1. The molecule has 1 heterocycles. The highest BCUT2D eigenvalue weighted by Gasteiger charge is 2.40. The Morgan fingerprint density at radius 3 is 2.47 bits per heavy atom. The molecule has 1 saturated carbocycles. The van der Waals surface area contributed by atoms with Crippen LogP contribution in [-0.2, 0) is 16.2 Å². The molecule has 2 aromatic rings. The molecule has 10 nitrogen and oxygen atoms in total. The zero-order valence-electron chi connectivity index (χ0n) is 19.5. The molecule has 1 N–H and O–H groups in total. The number of carbonyl (C=O) groups is 3. The van der Waals surface area contributed by atoms with Crippen LogP contribution in [0.15, 0.2) is 42.0 Å². The molecule has 0 aromatic heterocycles. The maximum atomic E-state index is 13.1. The van der Waals surface area contributed by atoms with Crippen molar-refractivity contribution in [2.24, 2.45) is 0 Å². The molecule has 1 aliphatic carbocycles. The highest BCUT2D eigenvalue weighted by Crippen LogP contribution is 2.38. The van der Waals surface area contributed by atoms with Crippen LogP contribution in [0.3, 0.4) is 0 Å². The van der Waals surface area contributed by atoms with E-state index in [4.69, 9.17) is 21.1 Å². The highest BCUT2D eigenvalue weighted by atomic mass is 35.5. The van der Waals surface area contributed by atoms with Gasteiger partial charge in [-0.15, -0.1) is 0 Å². The van der Waals surface area contributed by atoms with Crippen LogP contribution in [0.2, 0.25) is 5.02 Å². The summed E-state index contributed by atoms with van der Waals surface area (Å²) in [6.45, 7) is 2.16. The SMILES string of the molecule is CCOc1cc(/C=C2\C(=O)NC(=O)N(C3CCCC3)C2=O)cc(Cl)c1OCc1ccc([N+](=O)[O-])cc1. The number of urea groups is 1. The standard InChI is InChI=1S/C25H24ClN3O7/c1-2-35-21-13-16(11-19-23(30)27-25(32)28(24(19)31)17-5-3-4-6-17)12-20(26)22(21)36-14-15-7-9-18(10-8-15)29(33)34/h7-13,17H,2-6,14H2,1H3,(H,27,30,32)/b19-11+. The third-order valence-electron chi connectivity index (χ3n) is 6.00. The van der Waals surface area contributed by atoms with Crippen molar-refractivity contribution in [3.8, 4) is 11.5 Å². The number of hydrogen-bond acceptors (Lipinski definition) is 7. The number of barbiturate groups is 1. The van der Waals surface area contributed by atoms with Gasteiger partial charge in [0.1, 0.15) is 12.2 Å². The van der Waals surface area contributed by atoms with E-state index < -0.39 is 22.8 Å². The highest BCUT2D eigenvalue weighted by molar-refractivity contribution is 6.33. The van der Waals surface area contributed by atoms with Crippen molar-refractivity contribution in [2.75, 3.05) is 6.61 Å². The largest absolute Gasteiger partial charge is 0.490 e. The van der Waals surface area contributed by atoms with E-state index in [1.165, 1.54) is 24.3 Å². The fourth-order valence-electron chi connectivity index (χ4n) is 4.28. The Kier molecular flexibility index (Phi) is 7.54. The van der Waals surface area contributed by atoms with E-state index in [0.29, 0.717) is 36.3 Å². The Labute approximate surface area is 212 Å². The smallest absolute Gasteiger partial charge is 0.331 e. The van der Waals surface area contributed by atoms with E-state index in [-0.39, 0.29) is 34.7 Å². The van der Waals surface area contributed by atoms with Gasteiger partial charge in [-0.05, 0) is 61.2 Å². The van der Waals surface area contributed by atoms with Crippen LogP contribution in [0, 0.1) is 10.1 Å². The number of amides is 4. The first-order valence-electron chi connectivity index (χ1n) is 11.5. The summed E-state index contributed by atoms with van der Waals surface area (Å²) in [5.74, 6) is -0.859. The lowest BCUT2D eigenvalue weighted by atomic mass is 10.0. The predicted octanol–water partition coefficient (Wildman–Crippen LogP) is 4.63. The molecule has 2 fully saturated rings. The average molecular weight is 514 g/mol. The van der Waals surface area contributed by atoms with Crippen LogP contribution >= 0.6 is 11.6 Å². The summed E-state index contributed by atoms with van der Waals surface area (Å²) in [7, 11) is 0. The zero-order valence-corrected chi connectivity index (χ0v) is 20.2. The van der Waals surface area contributed by atoms with E-state index in [0.717, 1.165) is 17.7 Å². The molecule has 4 amide bonds. The van der Waals surface area contributed by atoms with Gasteiger partial charge in [-0.25, -0.2) is 4.79 Å². The second-order valence-electron chi connectivity index (χ2n) is 8.41. The molecule has 0 unspecified atom stereocenters. The number of halogens is 1. The molecule has 1 saturated heterocycles. The Balaban J connectivity index is 1.59. The quantitative estimate of drug-likeness (QED) is 0.236. The van der Waals surface area contributed by atoms with E-state index in [1.54, 1.807) is 25.1 Å². The molecule has 0 atom stereocenters. The van der Waals surface area contributed by atoms with Crippen molar-refractivity contribution in [1.29, 1.82) is 0 Å². The molecule has 1 aliphatic heterocycles. The summed E-state index contributed by atoms with van der Waals surface area (Å²) in [5.41, 5.74) is 0.912. The Bertz CT molecular complexity index is 1240. The lowest BCUT2D eigenvalue weighted by Gasteiger charge is -2.31. The summed E-state index contributed by atoms with van der Waals surface area (Å²) in [6.07, 6.45) is 4.64. The maximum Gasteiger partial charge on any atom is 0.331 e. The van der Waals surface area contributed by atoms with Crippen molar-refractivity contribution >= 4 is 41.2 Å². The van der Waals surface area contributed by atoms with Crippen LogP contribution in [0.1, 0.15) is 43.7 Å². The molecular formula is C25H24ClN3O7. The lowest BCUT2D eigenvalue weighted by molar-refractivity contribution is -0.384. The van der Waals surface area contributed by atoms with Crippen molar-refractivity contribution in [3.05, 3.63) is 68.2 Å². The molecule has 0 bridgehead atoms. The lowest BCUT2D eigenvalue weighted by Crippen LogP contribution is -2.57. The maximum absolute atomic E-state index is 13.1. The van der Waals surface area contributed by atoms with E-state index >= 15 is 0 Å². The first kappa shape index (κ1) is 25.2. The van der Waals surface area contributed by atoms with Gasteiger partial charge in [0.15, 0.2) is 11.5 Å². The Morgan fingerprint density at radius 1 is 1.14 bits per heavy atom. The number of ether oxygens (including phenoxy) is 2. The molecule has 11 heteroatoms. The number of hydrogen-bond donors (Lipinski definition) is 1. The number of benzene rings is 2. The van der Waals surface area contributed by atoms with Gasteiger partial charge in [0, 0.05) is 18.2 Å². The van der Waals surface area contributed by atoms with Crippen molar-refractivity contribution < 1.29 is 28.8 Å². The van der Waals surface area contributed by atoms with Gasteiger partial charge in [-0.1, -0.05) is 24.4 Å². The minimum Gasteiger partial charge on any atom is -0.490 e. The van der Waals surface area contributed by atoms with E-state index in [9.17, 15) is 24.5 Å². The first-order chi connectivity index (χ1) is 17.3. The summed E-state index contributed by atoms with van der Waals surface area (Å²) < 4.78 is 11.5. The molecule has 2 aromatic carbocycles. The second kappa shape index (κ2) is 10.8. The summed E-state index contributed by atoms with van der Waals surface area (Å²) >= 11 is 6.48. The molecule has 4 rings (SSSR count). The number of imide groups is 2. The van der Waals surface area contributed by atoms with Gasteiger partial charge in [0.25, 0.3) is 17.5 Å². The minimum atomic E-state index is -0.771. The van der Waals surface area contributed by atoms with Crippen molar-refractivity contribution in [1.82, 2.24) is 10.2 Å². The van der Waals surface area contributed by atoms with Crippen molar-refractivity contribution in [3.63, 3.8) is 0 Å². The Hall–Kier alpha value is -3.92. The summed E-state index contributed by atoms with van der Waals surface area (Å²) in [4.78, 5) is 49.4. The summed E-state index contributed by atoms with van der Waals surface area (Å²) in [5, 5.41) is 13.3. The van der Waals surface area contributed by atoms with Crippen LogP contribution in [-0.4, -0.2) is 40.3 Å². The average Bonchev–Trinajstić information content (AvgIpc) is 3.36. The molecule has 2 aliphatic rings.